The van der Waals surface area contributed by atoms with Gasteiger partial charge in [0.2, 0.25) is 0 Å². The third-order valence-corrected chi connectivity index (χ3v) is 3.48. The number of rotatable bonds is 4. The van der Waals surface area contributed by atoms with E-state index >= 15 is 0 Å². The van der Waals surface area contributed by atoms with Crippen molar-refractivity contribution in [1.29, 1.82) is 0 Å². The number of phenolic OH excluding ortho intramolecular Hbond substituents is 1. The van der Waals surface area contributed by atoms with Gasteiger partial charge in [-0.1, -0.05) is 12.2 Å². The molecule has 0 bridgehead atoms. The van der Waals surface area contributed by atoms with Crippen LogP contribution in [0.25, 0.3) is 0 Å². The first-order valence-electron chi connectivity index (χ1n) is 7.26. The van der Waals surface area contributed by atoms with Crippen LogP contribution in [0.5, 0.6) is 11.5 Å². The van der Waals surface area contributed by atoms with Gasteiger partial charge in [0, 0.05) is 17.7 Å². The number of hydrogen-bond donors (Lipinski definition) is 1. The van der Waals surface area contributed by atoms with Crippen LogP contribution in [0.1, 0.15) is 49.7 Å². The first kappa shape index (κ1) is 16.8. The van der Waals surface area contributed by atoms with Gasteiger partial charge >= 0.3 is 5.97 Å². The summed E-state index contributed by atoms with van der Waals surface area (Å²) in [7, 11) is 0. The van der Waals surface area contributed by atoms with Crippen molar-refractivity contribution in [1.82, 2.24) is 0 Å². The van der Waals surface area contributed by atoms with Crippen LogP contribution >= 0.6 is 0 Å². The minimum atomic E-state index is -0.704. The average molecular weight is 316 g/mol. The SMILES string of the molecule is C=C(C)[C@@H]1Oc2cc(O)c(C(C)=O)cc2[C@H]1OC(=O)C=C(C)C. The Morgan fingerprint density at radius 3 is 2.43 bits per heavy atom. The molecule has 122 valence electrons. The van der Waals surface area contributed by atoms with E-state index in [0.717, 1.165) is 5.57 Å². The van der Waals surface area contributed by atoms with Gasteiger partial charge in [0.25, 0.3) is 0 Å². The third-order valence-electron chi connectivity index (χ3n) is 3.48. The number of Topliss-reactive ketones (excluding diaryl/α,β-unsaturated/α-hetero) is 1. The van der Waals surface area contributed by atoms with Gasteiger partial charge in [-0.15, -0.1) is 0 Å². The standard InChI is InChI=1S/C18H20O5/c1-9(2)6-16(21)23-18-13-7-12(11(5)19)14(20)8-15(13)22-17(18)10(3)4/h6-8,17-18,20H,3H2,1-2,4-5H3/t17-,18+/m0/s1. The Morgan fingerprint density at radius 1 is 1.26 bits per heavy atom. The summed E-state index contributed by atoms with van der Waals surface area (Å²) in [5, 5.41) is 9.92. The first-order chi connectivity index (χ1) is 10.7. The zero-order chi connectivity index (χ0) is 17.3. The Labute approximate surface area is 135 Å². The average Bonchev–Trinajstić information content (AvgIpc) is 2.74. The molecule has 1 N–H and O–H groups in total. The molecule has 0 aromatic heterocycles. The van der Waals surface area contributed by atoms with Crippen LogP contribution in [0.3, 0.4) is 0 Å². The van der Waals surface area contributed by atoms with Crippen molar-refractivity contribution in [2.45, 2.75) is 39.9 Å². The maximum absolute atomic E-state index is 12.0. The maximum atomic E-state index is 12.0. The van der Waals surface area contributed by atoms with E-state index in [4.69, 9.17) is 9.47 Å². The van der Waals surface area contributed by atoms with Crippen molar-refractivity contribution in [3.8, 4) is 11.5 Å². The predicted octanol–water partition coefficient (Wildman–Crippen LogP) is 3.48. The van der Waals surface area contributed by atoms with Gasteiger partial charge in [-0.25, -0.2) is 4.79 Å². The van der Waals surface area contributed by atoms with Crippen molar-refractivity contribution in [2.24, 2.45) is 0 Å². The molecule has 0 aliphatic carbocycles. The largest absolute Gasteiger partial charge is 0.507 e. The number of ketones is 1. The van der Waals surface area contributed by atoms with Crippen LogP contribution in [0.4, 0.5) is 0 Å². The number of hydrogen-bond acceptors (Lipinski definition) is 5. The van der Waals surface area contributed by atoms with E-state index < -0.39 is 18.2 Å². The molecule has 0 amide bonds. The summed E-state index contributed by atoms with van der Waals surface area (Å²) in [4.78, 5) is 23.6. The second kappa shape index (κ2) is 6.28. The lowest BCUT2D eigenvalue weighted by molar-refractivity contribution is -0.145. The van der Waals surface area contributed by atoms with Crippen molar-refractivity contribution >= 4 is 11.8 Å². The molecule has 1 aliphatic rings. The summed E-state index contributed by atoms with van der Waals surface area (Å²) in [6.45, 7) is 10.6. The van der Waals surface area contributed by atoms with Crippen LogP contribution in [0.2, 0.25) is 0 Å². The summed E-state index contributed by atoms with van der Waals surface area (Å²) < 4.78 is 11.2. The molecular weight excluding hydrogens is 296 g/mol. The molecule has 2 atom stereocenters. The molecule has 1 aliphatic heterocycles. The summed E-state index contributed by atoms with van der Waals surface area (Å²) in [5.41, 5.74) is 2.21. The molecule has 23 heavy (non-hydrogen) atoms. The Hall–Kier alpha value is -2.56. The van der Waals surface area contributed by atoms with Crippen LogP contribution < -0.4 is 4.74 Å². The molecule has 0 saturated carbocycles. The lowest BCUT2D eigenvalue weighted by Crippen LogP contribution is -2.23. The van der Waals surface area contributed by atoms with E-state index in [0.29, 0.717) is 16.9 Å². The highest BCUT2D eigenvalue weighted by atomic mass is 16.6. The minimum absolute atomic E-state index is 0.159. The number of ether oxygens (including phenoxy) is 2. The zero-order valence-corrected chi connectivity index (χ0v) is 13.7. The lowest BCUT2D eigenvalue weighted by Gasteiger charge is -2.19. The summed E-state index contributed by atoms with van der Waals surface area (Å²) in [5.74, 6) is -0.544. The molecule has 0 radical (unpaired) electrons. The topological polar surface area (TPSA) is 72.8 Å². The Kier molecular flexibility index (Phi) is 4.59. The molecule has 0 fully saturated rings. The van der Waals surface area contributed by atoms with E-state index in [1.54, 1.807) is 20.8 Å². The van der Waals surface area contributed by atoms with Crippen molar-refractivity contribution < 1.29 is 24.2 Å². The number of phenols is 1. The molecule has 1 aromatic rings. The molecule has 0 spiro atoms. The summed E-state index contributed by atoms with van der Waals surface area (Å²) >= 11 is 0. The van der Waals surface area contributed by atoms with Crippen LogP contribution in [0.15, 0.2) is 35.9 Å². The van der Waals surface area contributed by atoms with Crippen molar-refractivity contribution in [3.63, 3.8) is 0 Å². The van der Waals surface area contributed by atoms with Crippen LogP contribution in [-0.2, 0) is 9.53 Å². The van der Waals surface area contributed by atoms with Gasteiger partial charge in [-0.05, 0) is 39.3 Å². The Bertz CT molecular complexity index is 710. The quantitative estimate of drug-likeness (QED) is 0.398. The fourth-order valence-electron chi connectivity index (χ4n) is 2.43. The van der Waals surface area contributed by atoms with E-state index in [2.05, 4.69) is 6.58 Å². The highest BCUT2D eigenvalue weighted by Gasteiger charge is 2.38. The molecule has 5 heteroatoms. The van der Waals surface area contributed by atoms with Crippen LogP contribution in [-0.4, -0.2) is 23.0 Å². The number of carbonyl (C=O) groups excluding carboxylic acids is 2. The molecule has 0 unspecified atom stereocenters. The van der Waals surface area contributed by atoms with Gasteiger partial charge in [-0.3, -0.25) is 4.79 Å². The molecular formula is C18H20O5. The Morgan fingerprint density at radius 2 is 1.91 bits per heavy atom. The molecule has 0 saturated heterocycles. The minimum Gasteiger partial charge on any atom is -0.507 e. The highest BCUT2D eigenvalue weighted by molar-refractivity contribution is 5.97. The summed E-state index contributed by atoms with van der Waals surface area (Å²) in [6, 6.07) is 2.88. The number of allylic oxidation sites excluding steroid dienone is 1. The first-order valence-corrected chi connectivity index (χ1v) is 7.26. The van der Waals surface area contributed by atoms with Gasteiger partial charge in [0.15, 0.2) is 18.0 Å². The monoisotopic (exact) mass is 316 g/mol. The normalized spacial score (nSPS) is 18.6. The number of aromatic hydroxyl groups is 1. The number of esters is 1. The van der Waals surface area contributed by atoms with Crippen molar-refractivity contribution in [2.75, 3.05) is 0 Å². The van der Waals surface area contributed by atoms with Gasteiger partial charge in [0.05, 0.1) is 5.56 Å². The molecule has 1 heterocycles. The van der Waals surface area contributed by atoms with E-state index in [9.17, 15) is 14.7 Å². The Balaban J connectivity index is 2.45. The highest BCUT2D eigenvalue weighted by Crippen LogP contribution is 2.44. The second-order valence-electron chi connectivity index (χ2n) is 5.93. The smallest absolute Gasteiger partial charge is 0.331 e. The van der Waals surface area contributed by atoms with E-state index in [1.807, 2.05) is 0 Å². The second-order valence-corrected chi connectivity index (χ2v) is 5.93. The number of carbonyl (C=O) groups is 2. The van der Waals surface area contributed by atoms with Gasteiger partial charge < -0.3 is 14.6 Å². The number of benzene rings is 1. The summed E-state index contributed by atoms with van der Waals surface area (Å²) in [6.07, 6.45) is 0.130. The zero-order valence-electron chi connectivity index (χ0n) is 13.7. The lowest BCUT2D eigenvalue weighted by atomic mass is 9.99. The third kappa shape index (κ3) is 3.44. The van der Waals surface area contributed by atoms with Gasteiger partial charge in [-0.2, -0.15) is 0 Å². The van der Waals surface area contributed by atoms with Gasteiger partial charge in [0.1, 0.15) is 11.5 Å². The van der Waals surface area contributed by atoms with Crippen LogP contribution in [0, 0.1) is 0 Å². The molecule has 2 rings (SSSR count). The van der Waals surface area contributed by atoms with E-state index in [-0.39, 0.29) is 17.1 Å². The fraction of sp³-hybridized carbons (Fsp3) is 0.333. The number of fused-ring (bicyclic) bond motifs is 1. The fourth-order valence-corrected chi connectivity index (χ4v) is 2.43. The molecule has 5 nitrogen and oxygen atoms in total. The van der Waals surface area contributed by atoms with E-state index in [1.165, 1.54) is 25.1 Å². The molecule has 1 aromatic carbocycles. The maximum Gasteiger partial charge on any atom is 0.331 e. The predicted molar refractivity (Wildman–Crippen MR) is 85.6 cm³/mol. The van der Waals surface area contributed by atoms with Crippen molar-refractivity contribution in [3.05, 3.63) is 47.1 Å².